The molecule has 34 heavy (non-hydrogen) atoms. The lowest BCUT2D eigenvalue weighted by molar-refractivity contribution is 0.0509. The summed E-state index contributed by atoms with van der Waals surface area (Å²) in [5.74, 6) is 1.64. The summed E-state index contributed by atoms with van der Waals surface area (Å²) in [6.07, 6.45) is 1.30. The number of nitrogens with one attached hydrogen (secondary N) is 3. The number of alkyl carbamates (subject to hydrolysis) is 1. The first-order valence-electron chi connectivity index (χ1n) is 11.3. The Kier molecular flexibility index (Phi) is 8.69. The van der Waals surface area contributed by atoms with Gasteiger partial charge in [0.25, 0.3) is 0 Å². The fourth-order valence-electron chi connectivity index (χ4n) is 3.42. The van der Waals surface area contributed by atoms with Gasteiger partial charge < -0.3 is 25.3 Å². The van der Waals surface area contributed by atoms with E-state index in [0.29, 0.717) is 16.9 Å². The van der Waals surface area contributed by atoms with Gasteiger partial charge in [-0.3, -0.25) is 4.99 Å². The average Bonchev–Trinajstić information content (AvgIpc) is 3.41. The van der Waals surface area contributed by atoms with E-state index in [9.17, 15) is 4.79 Å². The molecule has 2 aromatic rings. The Hall–Kier alpha value is -2.47. The van der Waals surface area contributed by atoms with Gasteiger partial charge in [0.1, 0.15) is 22.9 Å². The van der Waals surface area contributed by atoms with Crippen LogP contribution in [0.5, 0.6) is 0 Å². The van der Waals surface area contributed by atoms with Crippen molar-refractivity contribution >= 4 is 55.5 Å². The van der Waals surface area contributed by atoms with Crippen molar-refractivity contribution in [3.05, 3.63) is 11.8 Å². The van der Waals surface area contributed by atoms with Gasteiger partial charge in [0, 0.05) is 32.9 Å². The van der Waals surface area contributed by atoms with E-state index in [2.05, 4.69) is 43.5 Å². The Morgan fingerprint density at radius 3 is 2.79 bits per heavy atom. The summed E-state index contributed by atoms with van der Waals surface area (Å²) in [6, 6.07) is 2.10. The van der Waals surface area contributed by atoms with Crippen LogP contribution in [-0.4, -0.2) is 70.9 Å². The van der Waals surface area contributed by atoms with E-state index in [1.165, 1.54) is 21.6 Å². The lowest BCUT2D eigenvalue weighted by Crippen LogP contribution is -2.40. The lowest BCUT2D eigenvalue weighted by Gasteiger charge is -2.22. The second-order valence-electron chi connectivity index (χ2n) is 8.94. The quantitative estimate of drug-likeness (QED) is 0.241. The molecule has 0 aliphatic carbocycles. The Labute approximate surface area is 208 Å². The van der Waals surface area contributed by atoms with Crippen LogP contribution in [0, 0.1) is 0 Å². The van der Waals surface area contributed by atoms with Gasteiger partial charge in [0.15, 0.2) is 5.17 Å². The first kappa shape index (κ1) is 26.1. The molecule has 186 valence electrons. The first-order valence-corrected chi connectivity index (χ1v) is 13.4. The molecular weight excluding hydrogens is 472 g/mol. The topological polar surface area (TPSA) is 120 Å². The molecule has 3 rings (SSSR count). The molecule has 1 fully saturated rings. The average molecular weight is 507 g/mol. The molecule has 1 aliphatic heterocycles. The number of nitrogens with zero attached hydrogens (tertiary/aromatic N) is 5. The van der Waals surface area contributed by atoms with E-state index in [1.54, 1.807) is 7.05 Å². The van der Waals surface area contributed by atoms with Gasteiger partial charge in [-0.2, -0.15) is 0 Å². The van der Waals surface area contributed by atoms with Crippen LogP contribution in [0.15, 0.2) is 21.2 Å². The van der Waals surface area contributed by atoms with Crippen molar-refractivity contribution in [2.75, 3.05) is 32.1 Å². The molecule has 2 aromatic heterocycles. The maximum atomic E-state index is 12.2. The predicted molar refractivity (Wildman–Crippen MR) is 142 cm³/mol. The molecule has 10 nitrogen and oxygen atoms in total. The molecule has 0 saturated carbocycles. The highest BCUT2D eigenvalue weighted by Gasteiger charge is 2.29. The summed E-state index contributed by atoms with van der Waals surface area (Å²) in [7, 11) is 6.37. The monoisotopic (exact) mass is 506 g/mol. The SMILES string of the molecule is CCc1cc2c(N3CC[C@@H](NC(=O)OC(C)(C)C)C3)nc(SSC(/N=C(\C)NC)=N/C)nc2[nH]1. The van der Waals surface area contributed by atoms with E-state index >= 15 is 0 Å². The summed E-state index contributed by atoms with van der Waals surface area (Å²) in [4.78, 5) is 36.1. The number of amidine groups is 2. The third kappa shape index (κ3) is 7.02. The Bertz CT molecular complexity index is 1080. The number of fused-ring (bicyclic) bond motifs is 1. The molecule has 0 radical (unpaired) electrons. The summed E-state index contributed by atoms with van der Waals surface area (Å²) < 4.78 is 5.42. The van der Waals surface area contributed by atoms with E-state index in [1.807, 2.05) is 34.7 Å². The smallest absolute Gasteiger partial charge is 0.407 e. The molecule has 12 heteroatoms. The molecule has 0 bridgehead atoms. The number of rotatable bonds is 5. The first-order chi connectivity index (χ1) is 16.1. The van der Waals surface area contributed by atoms with Crippen molar-refractivity contribution in [1.82, 2.24) is 25.6 Å². The maximum absolute atomic E-state index is 12.2. The number of aromatic amines is 1. The summed E-state index contributed by atoms with van der Waals surface area (Å²) in [6.45, 7) is 11.0. The minimum absolute atomic E-state index is 0.00684. The summed E-state index contributed by atoms with van der Waals surface area (Å²) in [5, 5.41) is 8.23. The minimum atomic E-state index is -0.525. The van der Waals surface area contributed by atoms with E-state index in [0.717, 1.165) is 47.8 Å². The van der Waals surface area contributed by atoms with Crippen molar-refractivity contribution in [1.29, 1.82) is 0 Å². The van der Waals surface area contributed by atoms with Crippen LogP contribution in [0.25, 0.3) is 11.0 Å². The highest BCUT2D eigenvalue weighted by molar-refractivity contribution is 8.82. The number of amides is 1. The van der Waals surface area contributed by atoms with Crippen molar-refractivity contribution in [3.63, 3.8) is 0 Å². The van der Waals surface area contributed by atoms with Crippen molar-refractivity contribution in [3.8, 4) is 0 Å². The van der Waals surface area contributed by atoms with Crippen molar-refractivity contribution < 1.29 is 9.53 Å². The Balaban J connectivity index is 1.80. The minimum Gasteiger partial charge on any atom is -0.444 e. The van der Waals surface area contributed by atoms with E-state index in [-0.39, 0.29) is 6.04 Å². The van der Waals surface area contributed by atoms with Gasteiger partial charge in [-0.15, -0.1) is 0 Å². The van der Waals surface area contributed by atoms with Gasteiger partial charge in [-0.25, -0.2) is 19.8 Å². The third-order valence-electron chi connectivity index (χ3n) is 5.10. The molecule has 1 atom stereocenters. The van der Waals surface area contributed by atoms with Crippen molar-refractivity contribution in [2.24, 2.45) is 9.98 Å². The number of aryl methyl sites for hydroxylation is 1. The number of anilines is 1. The standard InChI is InChI=1S/C22H34N8O2S2/c1-8-14-11-16-17(26-14)28-20(34-33-19(24-7)25-13(2)23-6)29-18(16)30-10-9-15(12-30)27-21(31)32-22(3,4)5/h11,15H,8-10,12H2,1-7H3,(H,27,31)(H,23,24,25)(H,26,28,29)/t15-/m1/s1. The van der Waals surface area contributed by atoms with Gasteiger partial charge in [-0.1, -0.05) is 6.92 Å². The summed E-state index contributed by atoms with van der Waals surface area (Å²) >= 11 is 0. The molecule has 0 aromatic carbocycles. The summed E-state index contributed by atoms with van der Waals surface area (Å²) in [5.41, 5.74) is 1.38. The van der Waals surface area contributed by atoms with Crippen LogP contribution in [0.2, 0.25) is 0 Å². The maximum Gasteiger partial charge on any atom is 0.407 e. The number of carbonyl (C=O) groups is 1. The molecule has 0 spiro atoms. The zero-order valence-corrected chi connectivity index (χ0v) is 22.5. The number of carbonyl (C=O) groups excluding carboxylic acids is 1. The van der Waals surface area contributed by atoms with Crippen LogP contribution in [-0.2, 0) is 11.2 Å². The lowest BCUT2D eigenvalue weighted by atomic mass is 10.2. The molecule has 1 amide bonds. The second kappa shape index (κ2) is 11.3. The number of hydrogen-bond donors (Lipinski definition) is 3. The van der Waals surface area contributed by atoms with E-state index < -0.39 is 11.7 Å². The number of hydrogen-bond acceptors (Lipinski definition) is 8. The molecular formula is C22H34N8O2S2. The fraction of sp³-hybridized carbons (Fsp3) is 0.591. The number of aliphatic imine (C=N–C) groups is 2. The Morgan fingerprint density at radius 2 is 2.15 bits per heavy atom. The highest BCUT2D eigenvalue weighted by Crippen LogP contribution is 2.35. The zero-order chi connectivity index (χ0) is 24.9. The van der Waals surface area contributed by atoms with Gasteiger partial charge in [-0.05, 0) is 68.2 Å². The number of H-pyrrole nitrogens is 1. The third-order valence-corrected chi connectivity index (χ3v) is 7.08. The largest absolute Gasteiger partial charge is 0.444 e. The van der Waals surface area contributed by atoms with Crippen LogP contribution in [0.4, 0.5) is 10.6 Å². The Morgan fingerprint density at radius 1 is 1.38 bits per heavy atom. The highest BCUT2D eigenvalue weighted by atomic mass is 33.1. The normalized spacial score (nSPS) is 17.4. The molecule has 3 heterocycles. The molecule has 0 unspecified atom stereocenters. The van der Waals surface area contributed by atoms with Crippen LogP contribution in [0.3, 0.4) is 0 Å². The van der Waals surface area contributed by atoms with Crippen LogP contribution in [0.1, 0.15) is 46.7 Å². The van der Waals surface area contributed by atoms with Crippen LogP contribution >= 0.6 is 21.6 Å². The predicted octanol–water partition coefficient (Wildman–Crippen LogP) is 3.99. The number of ether oxygens (including phenoxy) is 1. The fourth-order valence-corrected chi connectivity index (χ4v) is 5.08. The molecule has 1 saturated heterocycles. The number of aromatic nitrogens is 3. The molecule has 1 aliphatic rings. The van der Waals surface area contributed by atoms with Gasteiger partial charge >= 0.3 is 6.09 Å². The second-order valence-corrected chi connectivity index (χ2v) is 11.0. The van der Waals surface area contributed by atoms with Crippen LogP contribution < -0.4 is 15.5 Å². The zero-order valence-electron chi connectivity index (χ0n) is 20.9. The van der Waals surface area contributed by atoms with Gasteiger partial charge in [0.2, 0.25) is 5.16 Å². The molecule has 3 N–H and O–H groups in total. The van der Waals surface area contributed by atoms with Crippen molar-refractivity contribution in [2.45, 2.75) is 64.3 Å². The van der Waals surface area contributed by atoms with Gasteiger partial charge in [0.05, 0.1) is 11.4 Å². The van der Waals surface area contributed by atoms with E-state index in [4.69, 9.17) is 14.7 Å².